The van der Waals surface area contributed by atoms with Gasteiger partial charge in [0.1, 0.15) is 5.75 Å². The molecule has 0 radical (unpaired) electrons. The second kappa shape index (κ2) is 8.39. The molecule has 1 atom stereocenters. The molecule has 6 nitrogen and oxygen atoms in total. The summed E-state index contributed by atoms with van der Waals surface area (Å²) in [6.45, 7) is 1.65. The van der Waals surface area contributed by atoms with E-state index in [4.69, 9.17) is 20.8 Å². The molecular weight excluding hydrogens is 404 g/mol. The van der Waals surface area contributed by atoms with Crippen LogP contribution in [0, 0.1) is 0 Å². The van der Waals surface area contributed by atoms with Crippen molar-refractivity contribution in [3.63, 3.8) is 0 Å². The van der Waals surface area contributed by atoms with Crippen LogP contribution in [0.15, 0.2) is 82.0 Å². The lowest BCUT2D eigenvalue weighted by Crippen LogP contribution is -2.30. The van der Waals surface area contributed by atoms with E-state index in [9.17, 15) is 9.59 Å². The van der Waals surface area contributed by atoms with E-state index < -0.39 is 11.7 Å². The van der Waals surface area contributed by atoms with Gasteiger partial charge < -0.3 is 14.5 Å². The zero-order valence-electron chi connectivity index (χ0n) is 16.0. The molecule has 4 aromatic rings. The van der Waals surface area contributed by atoms with Crippen molar-refractivity contribution in [2.45, 2.75) is 13.0 Å². The highest BCUT2D eigenvalue weighted by molar-refractivity contribution is 6.30. The average molecular weight is 421 g/mol. The third kappa shape index (κ3) is 4.34. The molecule has 3 aromatic carbocycles. The normalized spacial score (nSPS) is 11.8. The molecule has 1 N–H and O–H groups in total. The molecule has 4 rings (SSSR count). The van der Waals surface area contributed by atoms with Gasteiger partial charge in [0, 0.05) is 16.3 Å². The number of rotatable bonds is 5. The summed E-state index contributed by atoms with van der Waals surface area (Å²) in [6.07, 6.45) is -0.730. The Balaban J connectivity index is 1.52. The first kappa shape index (κ1) is 19.7. The molecule has 0 aliphatic heterocycles. The van der Waals surface area contributed by atoms with Crippen LogP contribution in [0.3, 0.4) is 0 Å². The van der Waals surface area contributed by atoms with Crippen molar-refractivity contribution in [2.75, 3.05) is 5.32 Å². The fourth-order valence-electron chi connectivity index (χ4n) is 2.89. The molecule has 0 saturated heterocycles. The van der Waals surface area contributed by atoms with Crippen molar-refractivity contribution in [3.05, 3.63) is 88.2 Å². The first-order valence-electron chi connectivity index (χ1n) is 9.23. The van der Waals surface area contributed by atoms with Crippen molar-refractivity contribution < 1.29 is 13.9 Å². The lowest BCUT2D eigenvalue weighted by Gasteiger charge is -2.15. The van der Waals surface area contributed by atoms with Crippen molar-refractivity contribution >= 4 is 34.1 Å². The third-order valence-electron chi connectivity index (χ3n) is 4.41. The van der Waals surface area contributed by atoms with E-state index in [0.717, 1.165) is 0 Å². The van der Waals surface area contributed by atoms with E-state index >= 15 is 0 Å². The van der Waals surface area contributed by atoms with Gasteiger partial charge in [-0.3, -0.25) is 4.79 Å². The Bertz CT molecular complexity index is 1270. The predicted molar refractivity (Wildman–Crippen MR) is 116 cm³/mol. The number of nitrogens with zero attached hydrogens (tertiary/aromatic N) is 1. The number of hydrogen-bond acceptors (Lipinski definition) is 5. The molecule has 1 heterocycles. The molecule has 0 fully saturated rings. The van der Waals surface area contributed by atoms with Crippen LogP contribution in [-0.2, 0) is 4.79 Å². The monoisotopic (exact) mass is 420 g/mol. The maximum absolute atomic E-state index is 12.5. The van der Waals surface area contributed by atoms with Crippen LogP contribution >= 0.6 is 11.6 Å². The van der Waals surface area contributed by atoms with E-state index in [-0.39, 0.29) is 11.8 Å². The second-order valence-corrected chi connectivity index (χ2v) is 7.04. The van der Waals surface area contributed by atoms with Crippen LogP contribution < -0.4 is 15.7 Å². The lowest BCUT2D eigenvalue weighted by atomic mass is 10.2. The summed E-state index contributed by atoms with van der Waals surface area (Å²) < 4.78 is 11.0. The van der Waals surface area contributed by atoms with Gasteiger partial charge in [0.25, 0.3) is 5.91 Å². The molecule has 1 amide bonds. The molecule has 1 unspecified atom stereocenters. The summed E-state index contributed by atoms with van der Waals surface area (Å²) >= 11 is 5.86. The number of carbonyl (C=O) groups is 1. The molecule has 0 spiro atoms. The Hall–Kier alpha value is -3.64. The number of ether oxygens (including phenoxy) is 1. The number of hydrogen-bond donors (Lipinski definition) is 1. The van der Waals surface area contributed by atoms with Gasteiger partial charge >= 0.3 is 5.63 Å². The van der Waals surface area contributed by atoms with Gasteiger partial charge in [-0.1, -0.05) is 29.8 Å². The minimum atomic E-state index is -0.730. The smallest absolute Gasteiger partial charge is 0.347 e. The van der Waals surface area contributed by atoms with Crippen LogP contribution in [0.5, 0.6) is 5.75 Å². The number of anilines is 1. The van der Waals surface area contributed by atoms with Crippen molar-refractivity contribution in [2.24, 2.45) is 0 Å². The number of nitrogens with one attached hydrogen (secondary N) is 1. The molecule has 0 bridgehead atoms. The number of fused-ring (bicyclic) bond motifs is 1. The van der Waals surface area contributed by atoms with Crippen molar-refractivity contribution in [1.29, 1.82) is 0 Å². The quantitative estimate of drug-likeness (QED) is 0.496. The van der Waals surface area contributed by atoms with Gasteiger partial charge in [0.2, 0.25) is 5.89 Å². The zero-order chi connectivity index (χ0) is 21.1. The molecule has 0 aliphatic carbocycles. The van der Waals surface area contributed by atoms with Gasteiger partial charge in [0.05, 0.1) is 10.9 Å². The summed E-state index contributed by atoms with van der Waals surface area (Å²) in [5, 5.41) is 3.80. The van der Waals surface area contributed by atoms with E-state index in [2.05, 4.69) is 10.3 Å². The Morgan fingerprint density at radius 3 is 2.63 bits per heavy atom. The fourth-order valence-corrected chi connectivity index (χ4v) is 3.01. The lowest BCUT2D eigenvalue weighted by molar-refractivity contribution is -0.122. The Morgan fingerprint density at radius 1 is 1.07 bits per heavy atom. The van der Waals surface area contributed by atoms with Crippen molar-refractivity contribution in [1.82, 2.24) is 4.98 Å². The van der Waals surface area contributed by atoms with Crippen molar-refractivity contribution in [3.8, 4) is 17.2 Å². The number of benzene rings is 3. The van der Waals surface area contributed by atoms with Gasteiger partial charge in [-0.25, -0.2) is 9.78 Å². The van der Waals surface area contributed by atoms with E-state index in [1.54, 1.807) is 79.7 Å². The van der Waals surface area contributed by atoms with E-state index in [1.807, 2.05) is 0 Å². The zero-order valence-corrected chi connectivity index (χ0v) is 16.7. The average Bonchev–Trinajstić information content (AvgIpc) is 2.75. The third-order valence-corrected chi connectivity index (χ3v) is 4.66. The minimum Gasteiger partial charge on any atom is -0.481 e. The standard InChI is InChI=1S/C23H17ClN2O4/c1-14(29-18-11-9-16(24)10-12-18)21(27)25-17-6-4-5-15(13-17)22-26-20-8-3-2-7-19(20)23(28)30-22/h2-14H,1H3,(H,25,27). The highest BCUT2D eigenvalue weighted by atomic mass is 35.5. The highest BCUT2D eigenvalue weighted by Crippen LogP contribution is 2.22. The summed E-state index contributed by atoms with van der Waals surface area (Å²) in [4.78, 5) is 29.1. The van der Waals surface area contributed by atoms with Crippen LogP contribution in [-0.4, -0.2) is 17.0 Å². The first-order chi connectivity index (χ1) is 14.5. The molecule has 1 aromatic heterocycles. The topological polar surface area (TPSA) is 81.4 Å². The summed E-state index contributed by atoms with van der Waals surface area (Å²) in [7, 11) is 0. The molecular formula is C23H17ClN2O4. The van der Waals surface area contributed by atoms with E-state index in [0.29, 0.717) is 32.9 Å². The molecule has 0 aliphatic rings. The Labute approximate surface area is 177 Å². The van der Waals surface area contributed by atoms with Crippen LogP contribution in [0.1, 0.15) is 6.92 Å². The number of para-hydroxylation sites is 1. The molecule has 0 saturated carbocycles. The summed E-state index contributed by atoms with van der Waals surface area (Å²) in [5.74, 6) is 0.397. The predicted octanol–water partition coefficient (Wildman–Crippen LogP) is 4.91. The van der Waals surface area contributed by atoms with Gasteiger partial charge in [0.15, 0.2) is 6.10 Å². The summed E-state index contributed by atoms with van der Waals surface area (Å²) in [5.41, 5.74) is 1.18. The van der Waals surface area contributed by atoms with Gasteiger partial charge in [-0.2, -0.15) is 0 Å². The minimum absolute atomic E-state index is 0.181. The maximum atomic E-state index is 12.5. The molecule has 150 valence electrons. The Morgan fingerprint density at radius 2 is 1.83 bits per heavy atom. The Kier molecular flexibility index (Phi) is 5.50. The molecule has 30 heavy (non-hydrogen) atoms. The van der Waals surface area contributed by atoms with Crippen LogP contribution in [0.4, 0.5) is 5.69 Å². The van der Waals surface area contributed by atoms with Crippen LogP contribution in [0.2, 0.25) is 5.02 Å². The highest BCUT2D eigenvalue weighted by Gasteiger charge is 2.16. The van der Waals surface area contributed by atoms with Gasteiger partial charge in [-0.15, -0.1) is 0 Å². The fraction of sp³-hybridized carbons (Fsp3) is 0.0870. The second-order valence-electron chi connectivity index (χ2n) is 6.61. The van der Waals surface area contributed by atoms with Gasteiger partial charge in [-0.05, 0) is 61.5 Å². The van der Waals surface area contributed by atoms with E-state index in [1.165, 1.54) is 0 Å². The number of aromatic nitrogens is 1. The largest absolute Gasteiger partial charge is 0.481 e. The van der Waals surface area contributed by atoms with Crippen LogP contribution in [0.25, 0.3) is 22.4 Å². The summed E-state index contributed by atoms with van der Waals surface area (Å²) in [6, 6.07) is 20.7. The molecule has 7 heteroatoms. The number of amides is 1. The first-order valence-corrected chi connectivity index (χ1v) is 9.61. The SMILES string of the molecule is CC(Oc1ccc(Cl)cc1)C(=O)Nc1cccc(-c2nc3ccccc3c(=O)o2)c1. The maximum Gasteiger partial charge on any atom is 0.347 e. The number of carbonyl (C=O) groups excluding carboxylic acids is 1. The number of halogens is 1.